The number of carbonyl (C=O) groups excluding carboxylic acids is 2. The molecule has 4 N–H and O–H groups in total. The zero-order valence-electron chi connectivity index (χ0n) is 22.3. The van der Waals surface area contributed by atoms with Gasteiger partial charge in [0, 0.05) is 23.7 Å². The Morgan fingerprint density at radius 2 is 1.85 bits per heavy atom. The van der Waals surface area contributed by atoms with Gasteiger partial charge in [-0.1, -0.05) is 42.5 Å². The summed E-state index contributed by atoms with van der Waals surface area (Å²) >= 11 is 0. The molecule has 8 nitrogen and oxygen atoms in total. The minimum absolute atomic E-state index is 0.0217. The van der Waals surface area contributed by atoms with E-state index in [0.717, 1.165) is 39.9 Å². The Balaban J connectivity index is 1.26. The fraction of sp³-hybridized carbons (Fsp3) is 0.438. The van der Waals surface area contributed by atoms with Crippen molar-refractivity contribution in [3.63, 3.8) is 0 Å². The predicted octanol–water partition coefficient (Wildman–Crippen LogP) is 3.70. The van der Waals surface area contributed by atoms with Gasteiger partial charge in [0.25, 0.3) is 5.91 Å². The molecular weight excluding hydrogens is 506 g/mol. The molecule has 1 saturated heterocycles. The van der Waals surface area contributed by atoms with Crippen LogP contribution in [0, 0.1) is 5.92 Å². The van der Waals surface area contributed by atoms with Gasteiger partial charge in [0.2, 0.25) is 0 Å². The van der Waals surface area contributed by atoms with Gasteiger partial charge in [0.05, 0.1) is 17.1 Å². The smallest absolute Gasteiger partial charge is 0.322 e. The van der Waals surface area contributed by atoms with Crippen LogP contribution in [0.2, 0.25) is 0 Å². The quantitative estimate of drug-likeness (QED) is 0.466. The van der Waals surface area contributed by atoms with E-state index < -0.39 is 35.1 Å². The molecule has 8 rings (SSSR count). The number of likely N-dealkylation sites (tertiary alicyclic amines) is 1. The molecule has 0 unspecified atom stereocenters. The number of benzene rings is 3. The average molecular weight is 540 g/mol. The highest BCUT2D eigenvalue weighted by molar-refractivity contribution is 6.12. The zero-order chi connectivity index (χ0) is 27.4. The van der Waals surface area contributed by atoms with Gasteiger partial charge in [-0.25, -0.2) is 4.79 Å². The van der Waals surface area contributed by atoms with E-state index in [4.69, 9.17) is 10.5 Å². The Labute approximate surface area is 232 Å². The number of ether oxygens (including phenoxy) is 1. The first-order valence-corrected chi connectivity index (χ1v) is 14.4. The van der Waals surface area contributed by atoms with E-state index in [1.165, 1.54) is 12.8 Å². The van der Waals surface area contributed by atoms with Crippen molar-refractivity contribution in [1.82, 2.24) is 9.80 Å². The molecule has 0 aromatic heterocycles. The molecule has 3 aromatic rings. The largest absolute Gasteiger partial charge is 0.504 e. The second-order valence-corrected chi connectivity index (χ2v) is 12.4. The number of nitrogens with two attached hydrogens (primary N) is 1. The molecule has 3 amide bonds. The van der Waals surface area contributed by atoms with Gasteiger partial charge < -0.3 is 20.7 Å². The lowest BCUT2D eigenvalue weighted by atomic mass is 9.48. The number of piperidine rings is 1. The van der Waals surface area contributed by atoms with Gasteiger partial charge in [0.15, 0.2) is 11.5 Å². The van der Waals surface area contributed by atoms with Crippen molar-refractivity contribution < 1.29 is 24.5 Å². The van der Waals surface area contributed by atoms with Crippen LogP contribution in [0.3, 0.4) is 0 Å². The lowest BCUT2D eigenvalue weighted by Crippen LogP contribution is -2.78. The SMILES string of the molecule is NC(=O)N(C(=O)c1cccc2ccccc12)[C@@H]1CC[C@@]2(O)[C@H]3Cc4ccc(O)c5c4[C@@]2(CCN3CC2CC2)[C@H]1O5. The van der Waals surface area contributed by atoms with Gasteiger partial charge in [-0.3, -0.25) is 14.6 Å². The van der Waals surface area contributed by atoms with Crippen LogP contribution in [-0.2, 0) is 11.8 Å². The molecule has 2 aliphatic heterocycles. The molecule has 206 valence electrons. The van der Waals surface area contributed by atoms with Crippen LogP contribution in [0.15, 0.2) is 54.6 Å². The summed E-state index contributed by atoms with van der Waals surface area (Å²) in [5, 5.41) is 25.3. The number of rotatable bonds is 4. The summed E-state index contributed by atoms with van der Waals surface area (Å²) in [5.41, 5.74) is 6.34. The number of aromatic hydroxyl groups is 1. The third-order valence-corrected chi connectivity index (χ3v) is 10.5. The molecule has 3 fully saturated rings. The molecule has 0 radical (unpaired) electrons. The van der Waals surface area contributed by atoms with Gasteiger partial charge in [-0.2, -0.15) is 0 Å². The number of imide groups is 1. The number of aliphatic hydroxyl groups is 1. The minimum Gasteiger partial charge on any atom is -0.504 e. The molecule has 1 spiro atoms. The molecule has 5 aliphatic rings. The summed E-state index contributed by atoms with van der Waals surface area (Å²) in [7, 11) is 0. The second kappa shape index (κ2) is 8.21. The van der Waals surface area contributed by atoms with Gasteiger partial charge >= 0.3 is 6.03 Å². The summed E-state index contributed by atoms with van der Waals surface area (Å²) in [6.07, 6.45) is 3.82. The van der Waals surface area contributed by atoms with Crippen LogP contribution >= 0.6 is 0 Å². The maximum absolute atomic E-state index is 14.2. The first kappa shape index (κ1) is 24.2. The van der Waals surface area contributed by atoms with Crippen molar-refractivity contribution in [3.05, 3.63) is 71.3 Å². The van der Waals surface area contributed by atoms with E-state index >= 15 is 0 Å². The molecule has 2 heterocycles. The number of amides is 3. The van der Waals surface area contributed by atoms with Crippen LogP contribution in [0.25, 0.3) is 10.8 Å². The lowest BCUT2D eigenvalue weighted by Gasteiger charge is -2.64. The van der Waals surface area contributed by atoms with E-state index in [2.05, 4.69) is 4.90 Å². The summed E-state index contributed by atoms with van der Waals surface area (Å²) in [6.45, 7) is 1.77. The fourth-order valence-corrected chi connectivity index (χ4v) is 8.68. The number of fused-ring (bicyclic) bond motifs is 1. The van der Waals surface area contributed by atoms with E-state index in [-0.39, 0.29) is 11.8 Å². The van der Waals surface area contributed by atoms with Gasteiger partial charge in [-0.05, 0) is 79.5 Å². The molecule has 3 aromatic carbocycles. The van der Waals surface area contributed by atoms with E-state index in [9.17, 15) is 19.8 Å². The van der Waals surface area contributed by atoms with Crippen LogP contribution in [-0.4, -0.2) is 68.8 Å². The Kier molecular flexibility index (Phi) is 4.97. The topological polar surface area (TPSA) is 116 Å². The number of phenolic OH excluding ortho intramolecular Hbond substituents is 1. The number of nitrogens with zero attached hydrogens (tertiary/aromatic N) is 2. The highest BCUT2D eigenvalue weighted by atomic mass is 16.5. The summed E-state index contributed by atoms with van der Waals surface area (Å²) in [6, 6.07) is 15.0. The first-order valence-electron chi connectivity index (χ1n) is 14.4. The standard InChI is InChI=1S/C32H33N3O5/c33-30(38)35(29(37)22-7-3-5-19-4-1-2-6-21(19)22)23-12-13-32(39)25-16-20-10-11-24(36)27-26(20)31(32,28(23)40-27)14-15-34(25)17-18-8-9-18/h1-7,10-11,18,23,25,28,36,39H,8-9,12-17H2,(H2,33,38)/t23-,25-,28+,31+,32-/m1/s1. The minimum atomic E-state index is -1.11. The molecular formula is C32H33N3O5. The highest BCUT2D eigenvalue weighted by Gasteiger charge is 2.74. The summed E-state index contributed by atoms with van der Waals surface area (Å²) in [5.74, 6) is 0.612. The highest BCUT2D eigenvalue weighted by Crippen LogP contribution is 2.66. The Bertz CT molecular complexity index is 1580. The normalized spacial score (nSPS) is 31.9. The van der Waals surface area contributed by atoms with Crippen LogP contribution < -0.4 is 10.5 Å². The first-order chi connectivity index (χ1) is 19.3. The van der Waals surface area contributed by atoms with Crippen LogP contribution in [0.1, 0.15) is 53.6 Å². The molecule has 2 saturated carbocycles. The van der Waals surface area contributed by atoms with Crippen molar-refractivity contribution in [3.8, 4) is 11.5 Å². The molecule has 3 aliphatic carbocycles. The monoisotopic (exact) mass is 539 g/mol. The van der Waals surface area contributed by atoms with Crippen molar-refractivity contribution in [1.29, 1.82) is 0 Å². The number of primary amides is 1. The second-order valence-electron chi connectivity index (χ2n) is 12.4. The van der Waals surface area contributed by atoms with E-state index in [1.54, 1.807) is 18.2 Å². The van der Waals surface area contributed by atoms with E-state index in [0.29, 0.717) is 42.9 Å². The number of phenols is 1. The third-order valence-electron chi connectivity index (χ3n) is 10.5. The average Bonchev–Trinajstić information content (AvgIpc) is 3.69. The maximum Gasteiger partial charge on any atom is 0.322 e. The Hall–Kier alpha value is -3.62. The number of hydrogen-bond acceptors (Lipinski definition) is 6. The molecule has 40 heavy (non-hydrogen) atoms. The van der Waals surface area contributed by atoms with Crippen molar-refractivity contribution >= 4 is 22.7 Å². The maximum atomic E-state index is 14.2. The molecule has 8 heteroatoms. The van der Waals surface area contributed by atoms with E-state index in [1.807, 2.05) is 36.4 Å². The summed E-state index contributed by atoms with van der Waals surface area (Å²) in [4.78, 5) is 30.9. The Morgan fingerprint density at radius 1 is 1.05 bits per heavy atom. The fourth-order valence-electron chi connectivity index (χ4n) is 8.68. The number of hydrogen-bond donors (Lipinski definition) is 3. The van der Waals surface area contributed by atoms with Crippen molar-refractivity contribution in [2.45, 2.75) is 67.7 Å². The van der Waals surface area contributed by atoms with Crippen molar-refractivity contribution in [2.75, 3.05) is 13.1 Å². The number of carbonyl (C=O) groups is 2. The van der Waals surface area contributed by atoms with Gasteiger partial charge in [0.1, 0.15) is 6.10 Å². The Morgan fingerprint density at radius 3 is 2.65 bits per heavy atom. The zero-order valence-corrected chi connectivity index (χ0v) is 22.3. The third kappa shape index (κ3) is 3.03. The van der Waals surface area contributed by atoms with Crippen molar-refractivity contribution in [2.24, 2.45) is 11.7 Å². The predicted molar refractivity (Wildman–Crippen MR) is 148 cm³/mol. The van der Waals surface area contributed by atoms with Gasteiger partial charge in [-0.15, -0.1) is 0 Å². The number of urea groups is 1. The lowest BCUT2D eigenvalue weighted by molar-refractivity contribution is -0.196. The molecule has 5 atom stereocenters. The van der Waals surface area contributed by atoms with Crippen LogP contribution in [0.5, 0.6) is 11.5 Å². The summed E-state index contributed by atoms with van der Waals surface area (Å²) < 4.78 is 6.59. The molecule has 2 bridgehead atoms. The van der Waals surface area contributed by atoms with Crippen LogP contribution in [0.4, 0.5) is 4.79 Å².